The number of nitrogens with one attached hydrogen (secondary N) is 2. The van der Waals surface area contributed by atoms with Gasteiger partial charge in [-0.15, -0.1) is 35.3 Å². The summed E-state index contributed by atoms with van der Waals surface area (Å²) in [6, 6.07) is 6.27. The lowest BCUT2D eigenvalue weighted by atomic mass is 10.1. The van der Waals surface area contributed by atoms with Gasteiger partial charge in [0.15, 0.2) is 5.96 Å². The van der Waals surface area contributed by atoms with E-state index in [4.69, 9.17) is 4.74 Å². The van der Waals surface area contributed by atoms with Crippen molar-refractivity contribution < 1.29 is 4.74 Å². The molecule has 5 nitrogen and oxygen atoms in total. The first-order chi connectivity index (χ1) is 12.1. The van der Waals surface area contributed by atoms with Crippen LogP contribution in [0.2, 0.25) is 0 Å². The van der Waals surface area contributed by atoms with Gasteiger partial charge in [0.05, 0.1) is 17.8 Å². The van der Waals surface area contributed by atoms with E-state index in [1.165, 1.54) is 11.1 Å². The summed E-state index contributed by atoms with van der Waals surface area (Å²) in [7, 11) is 1.72. The van der Waals surface area contributed by atoms with E-state index in [1.54, 1.807) is 18.4 Å². The molecule has 144 valence electrons. The molecule has 0 radical (unpaired) electrons. The molecule has 0 saturated carbocycles. The Morgan fingerprint density at radius 1 is 1.23 bits per heavy atom. The highest BCUT2D eigenvalue weighted by molar-refractivity contribution is 14.0. The number of aromatic nitrogens is 1. The van der Waals surface area contributed by atoms with Crippen molar-refractivity contribution in [1.82, 2.24) is 15.6 Å². The minimum Gasteiger partial charge on any atom is -0.496 e. The van der Waals surface area contributed by atoms with Crippen molar-refractivity contribution in [3.8, 4) is 5.75 Å². The van der Waals surface area contributed by atoms with E-state index >= 15 is 0 Å². The predicted octanol–water partition coefficient (Wildman–Crippen LogP) is 3.73. The molecule has 0 bridgehead atoms. The van der Waals surface area contributed by atoms with Crippen LogP contribution in [0.1, 0.15) is 28.8 Å². The molecule has 0 fully saturated rings. The molecule has 0 aliphatic carbocycles. The number of nitrogens with zero attached hydrogens (tertiary/aromatic N) is 2. The lowest BCUT2D eigenvalue weighted by Crippen LogP contribution is -2.38. The van der Waals surface area contributed by atoms with Crippen LogP contribution >= 0.6 is 35.3 Å². The molecular weight excluding hydrogens is 459 g/mol. The molecule has 7 heteroatoms. The van der Waals surface area contributed by atoms with Crippen LogP contribution < -0.4 is 15.4 Å². The monoisotopic (exact) mass is 488 g/mol. The number of aryl methyl sites for hydroxylation is 2. The fourth-order valence-corrected chi connectivity index (χ4v) is 3.21. The summed E-state index contributed by atoms with van der Waals surface area (Å²) in [6.07, 6.45) is 1.76. The Morgan fingerprint density at radius 3 is 2.69 bits per heavy atom. The highest BCUT2D eigenvalue weighted by Crippen LogP contribution is 2.19. The van der Waals surface area contributed by atoms with E-state index in [-0.39, 0.29) is 24.0 Å². The van der Waals surface area contributed by atoms with E-state index in [0.717, 1.165) is 54.9 Å². The predicted molar refractivity (Wildman–Crippen MR) is 121 cm³/mol. The number of guanidine groups is 1. The molecule has 0 spiro atoms. The smallest absolute Gasteiger partial charge is 0.191 e. The molecule has 0 unspecified atom stereocenters. The van der Waals surface area contributed by atoms with Crippen LogP contribution in [0.3, 0.4) is 0 Å². The van der Waals surface area contributed by atoms with Crippen LogP contribution in [0.25, 0.3) is 0 Å². The molecule has 0 atom stereocenters. The standard InChI is InChI=1S/C19H28N4OS.HI/c1-5-20-19(22-11-9-17-13-25-15(3)23-17)21-10-8-16-12-14(2)6-7-18(16)24-4;/h6-7,12-13H,5,8-11H2,1-4H3,(H2,20,21,22);1H. The number of rotatable bonds is 8. The van der Waals surface area contributed by atoms with Gasteiger partial charge in [0.2, 0.25) is 0 Å². The zero-order chi connectivity index (χ0) is 18.1. The quantitative estimate of drug-likeness (QED) is 0.338. The van der Waals surface area contributed by atoms with Crippen LogP contribution in [-0.4, -0.2) is 37.7 Å². The number of halogens is 1. The lowest BCUT2D eigenvalue weighted by molar-refractivity contribution is 0.409. The number of thiazole rings is 1. The van der Waals surface area contributed by atoms with Crippen molar-refractivity contribution in [1.29, 1.82) is 0 Å². The van der Waals surface area contributed by atoms with E-state index in [0.29, 0.717) is 0 Å². The molecule has 26 heavy (non-hydrogen) atoms. The Bertz CT molecular complexity index is 703. The molecule has 0 aliphatic rings. The number of ether oxygens (including phenoxy) is 1. The van der Waals surface area contributed by atoms with Crippen LogP contribution in [0.4, 0.5) is 0 Å². The number of aliphatic imine (C=N–C) groups is 1. The second kappa shape index (κ2) is 12.1. The van der Waals surface area contributed by atoms with Gasteiger partial charge < -0.3 is 15.4 Å². The fourth-order valence-electron chi connectivity index (χ4n) is 2.57. The van der Waals surface area contributed by atoms with Crippen LogP contribution in [0.5, 0.6) is 5.75 Å². The zero-order valence-electron chi connectivity index (χ0n) is 16.0. The van der Waals surface area contributed by atoms with E-state index < -0.39 is 0 Å². The number of hydrogen-bond acceptors (Lipinski definition) is 4. The Morgan fingerprint density at radius 2 is 2.04 bits per heavy atom. The molecule has 0 saturated heterocycles. The number of hydrogen-bond donors (Lipinski definition) is 2. The van der Waals surface area contributed by atoms with Crippen molar-refractivity contribution in [3.63, 3.8) is 0 Å². The minimum atomic E-state index is 0. The fraction of sp³-hybridized carbons (Fsp3) is 0.474. The average Bonchev–Trinajstić information content (AvgIpc) is 3.00. The molecular formula is C19H29IN4OS. The first kappa shape index (κ1) is 22.7. The summed E-state index contributed by atoms with van der Waals surface area (Å²) in [5.74, 6) is 1.79. The summed E-state index contributed by atoms with van der Waals surface area (Å²) >= 11 is 1.69. The molecule has 2 aromatic rings. The summed E-state index contributed by atoms with van der Waals surface area (Å²) < 4.78 is 5.44. The highest BCUT2D eigenvalue weighted by atomic mass is 127. The second-order valence-electron chi connectivity index (χ2n) is 5.86. The van der Waals surface area contributed by atoms with Crippen molar-refractivity contribution in [2.75, 3.05) is 26.7 Å². The lowest BCUT2D eigenvalue weighted by Gasteiger charge is -2.13. The van der Waals surface area contributed by atoms with Gasteiger partial charge in [0.25, 0.3) is 0 Å². The van der Waals surface area contributed by atoms with Crippen LogP contribution in [0, 0.1) is 13.8 Å². The van der Waals surface area contributed by atoms with Gasteiger partial charge in [-0.25, -0.2) is 4.98 Å². The Kier molecular flexibility index (Phi) is 10.6. The third-order valence-electron chi connectivity index (χ3n) is 3.77. The number of benzene rings is 1. The van der Waals surface area contributed by atoms with Gasteiger partial charge in [-0.1, -0.05) is 17.7 Å². The van der Waals surface area contributed by atoms with E-state index in [9.17, 15) is 0 Å². The van der Waals surface area contributed by atoms with Gasteiger partial charge in [0.1, 0.15) is 5.75 Å². The van der Waals surface area contributed by atoms with Gasteiger partial charge in [-0.05, 0) is 38.8 Å². The average molecular weight is 488 g/mol. The highest BCUT2D eigenvalue weighted by Gasteiger charge is 2.04. The molecule has 1 aromatic heterocycles. The maximum atomic E-state index is 5.44. The van der Waals surface area contributed by atoms with E-state index in [2.05, 4.69) is 52.0 Å². The number of methoxy groups -OCH3 is 1. The van der Waals surface area contributed by atoms with Gasteiger partial charge in [0, 0.05) is 31.4 Å². The molecule has 1 aromatic carbocycles. The maximum absolute atomic E-state index is 5.44. The minimum absolute atomic E-state index is 0. The normalized spacial score (nSPS) is 11.0. The van der Waals surface area contributed by atoms with E-state index in [1.807, 2.05) is 13.0 Å². The van der Waals surface area contributed by atoms with Crippen molar-refractivity contribution in [2.45, 2.75) is 33.6 Å². The largest absolute Gasteiger partial charge is 0.496 e. The molecule has 0 aliphatic heterocycles. The molecule has 0 amide bonds. The topological polar surface area (TPSA) is 58.5 Å². The summed E-state index contributed by atoms with van der Waals surface area (Å²) in [4.78, 5) is 9.11. The van der Waals surface area contributed by atoms with Crippen LogP contribution in [-0.2, 0) is 12.8 Å². The zero-order valence-corrected chi connectivity index (χ0v) is 19.1. The first-order valence-corrected chi connectivity index (χ1v) is 9.57. The van der Waals surface area contributed by atoms with Crippen molar-refractivity contribution in [2.24, 2.45) is 4.99 Å². The molecule has 2 rings (SSSR count). The molecule has 2 N–H and O–H groups in total. The van der Waals surface area contributed by atoms with Gasteiger partial charge >= 0.3 is 0 Å². The Hall–Kier alpha value is -1.35. The Balaban J connectivity index is 0.00000338. The SMILES string of the molecule is CCNC(=NCCc1csc(C)n1)NCCc1cc(C)ccc1OC.I. The van der Waals surface area contributed by atoms with Crippen LogP contribution in [0.15, 0.2) is 28.6 Å². The summed E-state index contributed by atoms with van der Waals surface area (Å²) in [6.45, 7) is 8.58. The Labute approximate surface area is 177 Å². The van der Waals surface area contributed by atoms with Crippen molar-refractivity contribution >= 4 is 41.3 Å². The summed E-state index contributed by atoms with van der Waals surface area (Å²) in [5.41, 5.74) is 3.57. The first-order valence-electron chi connectivity index (χ1n) is 8.69. The molecule has 1 heterocycles. The van der Waals surface area contributed by atoms with Gasteiger partial charge in [-0.2, -0.15) is 0 Å². The third kappa shape index (κ3) is 7.49. The van der Waals surface area contributed by atoms with Gasteiger partial charge in [-0.3, -0.25) is 4.99 Å². The summed E-state index contributed by atoms with van der Waals surface area (Å²) in [5, 5.41) is 9.90. The maximum Gasteiger partial charge on any atom is 0.191 e. The third-order valence-corrected chi connectivity index (χ3v) is 4.59. The second-order valence-corrected chi connectivity index (χ2v) is 6.92. The van der Waals surface area contributed by atoms with Crippen molar-refractivity contribution in [3.05, 3.63) is 45.4 Å².